The molecule has 1 aromatic carbocycles. The van der Waals surface area contributed by atoms with E-state index in [4.69, 9.17) is 11.5 Å². The highest BCUT2D eigenvalue weighted by Gasteiger charge is 2.27. The van der Waals surface area contributed by atoms with Crippen LogP contribution in [0.4, 0.5) is 4.79 Å². The molecule has 22 heavy (non-hydrogen) atoms. The van der Waals surface area contributed by atoms with Crippen LogP contribution in [0.15, 0.2) is 24.3 Å². The summed E-state index contributed by atoms with van der Waals surface area (Å²) >= 11 is 0. The van der Waals surface area contributed by atoms with E-state index in [1.165, 1.54) is 0 Å². The minimum absolute atomic E-state index is 0. The zero-order valence-corrected chi connectivity index (χ0v) is 13.2. The fourth-order valence-corrected chi connectivity index (χ4v) is 2.72. The number of halogens is 1. The molecule has 1 aromatic rings. The van der Waals surface area contributed by atoms with Gasteiger partial charge >= 0.3 is 6.03 Å². The Labute approximate surface area is 136 Å². The van der Waals surface area contributed by atoms with E-state index in [1.807, 2.05) is 0 Å². The first-order valence-electron chi connectivity index (χ1n) is 7.23. The molecule has 2 rings (SSSR count). The highest BCUT2D eigenvalue weighted by atomic mass is 35.5. The van der Waals surface area contributed by atoms with Crippen molar-refractivity contribution in [3.05, 3.63) is 35.4 Å². The third-order valence-electron chi connectivity index (χ3n) is 3.96. The molecule has 0 bridgehead atoms. The van der Waals surface area contributed by atoms with E-state index < -0.39 is 6.03 Å². The number of benzene rings is 1. The van der Waals surface area contributed by atoms with Crippen molar-refractivity contribution in [2.24, 2.45) is 17.4 Å². The summed E-state index contributed by atoms with van der Waals surface area (Å²) in [6, 6.07) is 6.73. The lowest BCUT2D eigenvalue weighted by molar-refractivity contribution is 0.0928. The van der Waals surface area contributed by atoms with Crippen LogP contribution in [0, 0.1) is 5.92 Å². The third-order valence-corrected chi connectivity index (χ3v) is 3.96. The molecular formula is C15H23ClN4O2. The zero-order valence-electron chi connectivity index (χ0n) is 12.4. The number of nitrogens with one attached hydrogen (secondary N) is 2. The highest BCUT2D eigenvalue weighted by molar-refractivity contribution is 5.94. The number of hydrogen-bond acceptors (Lipinski definition) is 3. The van der Waals surface area contributed by atoms with E-state index in [0.29, 0.717) is 24.6 Å². The molecule has 6 nitrogen and oxygen atoms in total. The second-order valence-corrected chi connectivity index (χ2v) is 5.42. The third kappa shape index (κ3) is 4.89. The smallest absolute Gasteiger partial charge is 0.312 e. The van der Waals surface area contributed by atoms with Crippen LogP contribution in [0.1, 0.15) is 35.2 Å². The molecule has 3 amide bonds. The van der Waals surface area contributed by atoms with Gasteiger partial charge in [0.05, 0.1) is 0 Å². The average molecular weight is 327 g/mol. The first-order chi connectivity index (χ1) is 10.1. The van der Waals surface area contributed by atoms with Crippen molar-refractivity contribution in [2.75, 3.05) is 6.54 Å². The molecule has 0 aliphatic heterocycles. The lowest BCUT2D eigenvalue weighted by Gasteiger charge is -2.19. The molecular weight excluding hydrogens is 304 g/mol. The molecule has 6 N–H and O–H groups in total. The molecule has 1 aliphatic rings. The lowest BCUT2D eigenvalue weighted by atomic mass is 10.0. The number of primary amides is 1. The molecule has 0 saturated heterocycles. The Morgan fingerprint density at radius 2 is 1.86 bits per heavy atom. The number of amides is 3. The summed E-state index contributed by atoms with van der Waals surface area (Å²) in [6.07, 6.45) is 3.19. The first-order valence-corrected chi connectivity index (χ1v) is 7.23. The molecule has 0 heterocycles. The van der Waals surface area contributed by atoms with E-state index in [1.54, 1.807) is 24.3 Å². The van der Waals surface area contributed by atoms with E-state index in [9.17, 15) is 9.59 Å². The molecule has 0 spiro atoms. The number of urea groups is 1. The quantitative estimate of drug-likeness (QED) is 0.651. The van der Waals surface area contributed by atoms with Crippen molar-refractivity contribution in [3.63, 3.8) is 0 Å². The highest BCUT2D eigenvalue weighted by Crippen LogP contribution is 2.24. The van der Waals surface area contributed by atoms with Gasteiger partial charge in [-0.1, -0.05) is 18.6 Å². The number of hydrogen-bond donors (Lipinski definition) is 4. The molecule has 0 radical (unpaired) electrons. The van der Waals surface area contributed by atoms with E-state index in [-0.39, 0.29) is 24.4 Å². The van der Waals surface area contributed by atoms with Gasteiger partial charge < -0.3 is 22.1 Å². The van der Waals surface area contributed by atoms with Gasteiger partial charge in [-0.2, -0.15) is 0 Å². The first kappa shape index (κ1) is 18.3. The summed E-state index contributed by atoms with van der Waals surface area (Å²) in [7, 11) is 0. The largest absolute Gasteiger partial charge is 0.352 e. The van der Waals surface area contributed by atoms with Gasteiger partial charge in [0.25, 0.3) is 5.91 Å². The summed E-state index contributed by atoms with van der Waals surface area (Å²) in [5.74, 6) is 0.308. The lowest BCUT2D eigenvalue weighted by Crippen LogP contribution is -2.39. The Balaban J connectivity index is 0.00000242. The summed E-state index contributed by atoms with van der Waals surface area (Å²) in [5.41, 5.74) is 12.2. The van der Waals surface area contributed by atoms with Gasteiger partial charge in [-0.05, 0) is 43.0 Å². The van der Waals surface area contributed by atoms with E-state index in [0.717, 1.165) is 24.8 Å². The zero-order chi connectivity index (χ0) is 15.2. The van der Waals surface area contributed by atoms with Crippen LogP contribution in [0.3, 0.4) is 0 Å². The molecule has 1 fully saturated rings. The Morgan fingerprint density at radius 1 is 1.18 bits per heavy atom. The Kier molecular flexibility index (Phi) is 7.14. The van der Waals surface area contributed by atoms with Gasteiger partial charge in [0.2, 0.25) is 0 Å². The van der Waals surface area contributed by atoms with Crippen molar-refractivity contribution >= 4 is 24.3 Å². The summed E-state index contributed by atoms with van der Waals surface area (Å²) < 4.78 is 0. The Bertz CT molecular complexity index is 507. The fraction of sp³-hybridized carbons (Fsp3) is 0.467. The molecule has 1 aliphatic carbocycles. The molecule has 122 valence electrons. The minimum Gasteiger partial charge on any atom is -0.352 e. The van der Waals surface area contributed by atoms with Gasteiger partial charge in [-0.3, -0.25) is 4.79 Å². The summed E-state index contributed by atoms with van der Waals surface area (Å²) in [6.45, 7) is 0.970. The predicted octanol–water partition coefficient (Wildman–Crippen LogP) is 1.13. The van der Waals surface area contributed by atoms with Gasteiger partial charge in [0.15, 0.2) is 0 Å². The average Bonchev–Trinajstić information content (AvgIpc) is 2.92. The van der Waals surface area contributed by atoms with Crippen LogP contribution in [0.25, 0.3) is 0 Å². The maximum Gasteiger partial charge on any atom is 0.312 e. The van der Waals surface area contributed by atoms with Crippen molar-refractivity contribution < 1.29 is 9.59 Å². The van der Waals surface area contributed by atoms with Crippen LogP contribution in [0.5, 0.6) is 0 Å². The number of nitrogens with two attached hydrogens (primary N) is 2. The van der Waals surface area contributed by atoms with Crippen LogP contribution in [-0.2, 0) is 6.54 Å². The van der Waals surface area contributed by atoms with Gasteiger partial charge in [0, 0.05) is 18.2 Å². The van der Waals surface area contributed by atoms with Crippen molar-refractivity contribution in [1.82, 2.24) is 10.6 Å². The fourth-order valence-electron chi connectivity index (χ4n) is 2.72. The summed E-state index contributed by atoms with van der Waals surface area (Å²) in [4.78, 5) is 22.8. The van der Waals surface area contributed by atoms with Gasteiger partial charge in [-0.25, -0.2) is 4.79 Å². The summed E-state index contributed by atoms with van der Waals surface area (Å²) in [5, 5.41) is 5.56. The van der Waals surface area contributed by atoms with Gasteiger partial charge in [-0.15, -0.1) is 12.4 Å². The second kappa shape index (κ2) is 8.60. The van der Waals surface area contributed by atoms with Crippen LogP contribution in [0.2, 0.25) is 0 Å². The monoisotopic (exact) mass is 326 g/mol. The Morgan fingerprint density at radius 3 is 2.45 bits per heavy atom. The molecule has 2 atom stereocenters. The second-order valence-electron chi connectivity index (χ2n) is 5.42. The molecule has 1 saturated carbocycles. The molecule has 2 unspecified atom stereocenters. The van der Waals surface area contributed by atoms with E-state index in [2.05, 4.69) is 10.6 Å². The van der Waals surface area contributed by atoms with Crippen LogP contribution >= 0.6 is 12.4 Å². The maximum absolute atomic E-state index is 12.2. The van der Waals surface area contributed by atoms with Crippen molar-refractivity contribution in [2.45, 2.75) is 31.8 Å². The topological polar surface area (TPSA) is 110 Å². The predicted molar refractivity (Wildman–Crippen MR) is 87.8 cm³/mol. The minimum atomic E-state index is -0.564. The van der Waals surface area contributed by atoms with Crippen molar-refractivity contribution in [3.8, 4) is 0 Å². The number of carbonyl (C=O) groups excluding carboxylic acids is 2. The number of carbonyl (C=O) groups is 2. The number of rotatable bonds is 5. The van der Waals surface area contributed by atoms with Gasteiger partial charge in [0.1, 0.15) is 0 Å². The Hall–Kier alpha value is -1.79. The molecule has 7 heteroatoms. The van der Waals surface area contributed by atoms with Crippen LogP contribution in [-0.4, -0.2) is 24.5 Å². The van der Waals surface area contributed by atoms with Crippen molar-refractivity contribution in [1.29, 1.82) is 0 Å². The van der Waals surface area contributed by atoms with Crippen LogP contribution < -0.4 is 22.1 Å². The maximum atomic E-state index is 12.2. The normalized spacial score (nSPS) is 20.0. The molecule has 0 aromatic heterocycles. The standard InChI is InChI=1S/C15H22N4O2.ClH/c16-8-12-2-1-3-13(12)19-14(20)11-6-4-10(5-7-11)9-18-15(17)21;/h4-7,12-13H,1-3,8-9,16H2,(H,19,20)(H3,17,18,21);1H. The SMILES string of the molecule is Cl.NCC1CCCC1NC(=O)c1ccc(CNC(N)=O)cc1. The van der Waals surface area contributed by atoms with E-state index >= 15 is 0 Å².